The van der Waals surface area contributed by atoms with Gasteiger partial charge in [-0.3, -0.25) is 14.4 Å². The van der Waals surface area contributed by atoms with Gasteiger partial charge in [-0.1, -0.05) is 18.6 Å². The smallest absolute Gasteiger partial charge is 0.302 e. The van der Waals surface area contributed by atoms with Crippen molar-refractivity contribution in [2.75, 3.05) is 0 Å². The van der Waals surface area contributed by atoms with E-state index in [1.54, 1.807) is 0 Å². The molecule has 130 valence electrons. The average molecular weight is 330 g/mol. The summed E-state index contributed by atoms with van der Waals surface area (Å²) in [5.41, 5.74) is 0.607. The van der Waals surface area contributed by atoms with Gasteiger partial charge >= 0.3 is 5.97 Å². The molecule has 4 aliphatic carbocycles. The molecular formula is C20H26O4. The van der Waals surface area contributed by atoms with E-state index in [1.165, 1.54) is 6.92 Å². The summed E-state index contributed by atoms with van der Waals surface area (Å²) in [6, 6.07) is 0. The monoisotopic (exact) mass is 330 g/mol. The topological polar surface area (TPSA) is 60.4 Å². The number of ketones is 2. The molecule has 0 aromatic heterocycles. The standard InChI is InChI=1S/C20H26O4/c1-12(21)24-18-6-5-15-16-4-3-13-11-14(22)7-10-20(13,16)17(23)8-9-19(15,18)2/h3,15-16,18H,4-11H2,1-2H3. The number of ether oxygens (including phenoxy) is 1. The summed E-state index contributed by atoms with van der Waals surface area (Å²) >= 11 is 0. The zero-order valence-electron chi connectivity index (χ0n) is 14.6. The number of carbonyl (C=O) groups excluding carboxylic acids is 3. The van der Waals surface area contributed by atoms with Crippen LogP contribution in [0.2, 0.25) is 0 Å². The van der Waals surface area contributed by atoms with Crippen LogP contribution < -0.4 is 0 Å². The molecule has 0 heterocycles. The zero-order valence-corrected chi connectivity index (χ0v) is 14.6. The Morgan fingerprint density at radius 2 is 1.96 bits per heavy atom. The molecule has 4 rings (SSSR count). The number of esters is 1. The Kier molecular flexibility index (Phi) is 3.52. The van der Waals surface area contributed by atoms with Gasteiger partial charge in [-0.25, -0.2) is 0 Å². The molecule has 0 N–H and O–H groups in total. The predicted octanol–water partition coefficient (Wildman–Crippen LogP) is 3.38. The molecule has 0 bridgehead atoms. The van der Waals surface area contributed by atoms with E-state index >= 15 is 0 Å². The van der Waals surface area contributed by atoms with Crippen molar-refractivity contribution in [2.45, 2.75) is 71.3 Å². The van der Waals surface area contributed by atoms with Crippen LogP contribution in [0.15, 0.2) is 11.6 Å². The first-order valence-electron chi connectivity index (χ1n) is 9.29. The lowest BCUT2D eigenvalue weighted by Crippen LogP contribution is -2.44. The van der Waals surface area contributed by atoms with Crippen molar-refractivity contribution in [2.24, 2.45) is 22.7 Å². The SMILES string of the molecule is CC(=O)OC1CCC2C3CC=C4CC(=O)CCC43C(=O)CCC12C. The maximum absolute atomic E-state index is 13.2. The van der Waals surface area contributed by atoms with Crippen LogP contribution in [0, 0.1) is 22.7 Å². The van der Waals surface area contributed by atoms with E-state index in [9.17, 15) is 14.4 Å². The lowest BCUT2D eigenvalue weighted by atomic mass is 9.58. The maximum atomic E-state index is 13.2. The van der Waals surface area contributed by atoms with Gasteiger partial charge in [-0.05, 0) is 43.9 Å². The molecule has 0 aromatic rings. The molecule has 4 aliphatic rings. The number of fused-ring (bicyclic) bond motifs is 2. The van der Waals surface area contributed by atoms with Crippen LogP contribution in [0.3, 0.4) is 0 Å². The van der Waals surface area contributed by atoms with Gasteiger partial charge < -0.3 is 4.74 Å². The molecular weight excluding hydrogens is 304 g/mol. The van der Waals surface area contributed by atoms with Crippen LogP contribution in [0.4, 0.5) is 0 Å². The molecule has 0 saturated heterocycles. The van der Waals surface area contributed by atoms with Gasteiger partial charge in [0.25, 0.3) is 0 Å². The molecule has 0 amide bonds. The average Bonchev–Trinajstić information content (AvgIpc) is 3.01. The van der Waals surface area contributed by atoms with E-state index in [0.717, 1.165) is 31.3 Å². The Labute approximate surface area is 143 Å². The molecule has 3 fully saturated rings. The fourth-order valence-corrected chi connectivity index (χ4v) is 6.37. The largest absolute Gasteiger partial charge is 0.462 e. The number of rotatable bonds is 1. The van der Waals surface area contributed by atoms with Crippen molar-refractivity contribution < 1.29 is 19.1 Å². The highest BCUT2D eigenvalue weighted by Crippen LogP contribution is 2.64. The first kappa shape index (κ1) is 16.0. The number of Topliss-reactive ketones (excluding diaryl/α,β-unsaturated/α-hetero) is 2. The summed E-state index contributed by atoms with van der Waals surface area (Å²) in [5.74, 6) is 1.08. The Bertz CT molecular complexity index is 648. The van der Waals surface area contributed by atoms with E-state index < -0.39 is 0 Å². The summed E-state index contributed by atoms with van der Waals surface area (Å²) in [6.45, 7) is 3.69. The minimum atomic E-state index is -0.387. The van der Waals surface area contributed by atoms with E-state index in [1.807, 2.05) is 0 Å². The minimum Gasteiger partial charge on any atom is -0.462 e. The van der Waals surface area contributed by atoms with Gasteiger partial charge in [0.1, 0.15) is 17.7 Å². The molecule has 1 spiro atoms. The molecule has 0 aliphatic heterocycles. The quantitative estimate of drug-likeness (QED) is 0.546. The van der Waals surface area contributed by atoms with Crippen LogP contribution in [0.5, 0.6) is 0 Å². The van der Waals surface area contributed by atoms with Crippen molar-refractivity contribution in [1.82, 2.24) is 0 Å². The molecule has 4 nitrogen and oxygen atoms in total. The molecule has 5 atom stereocenters. The van der Waals surface area contributed by atoms with E-state index in [2.05, 4.69) is 13.0 Å². The highest BCUT2D eigenvalue weighted by Gasteiger charge is 2.63. The Hall–Kier alpha value is -1.45. The van der Waals surface area contributed by atoms with Crippen LogP contribution in [0.25, 0.3) is 0 Å². The normalized spacial score (nSPS) is 44.2. The molecule has 5 unspecified atom stereocenters. The summed E-state index contributed by atoms with van der Waals surface area (Å²) in [5, 5.41) is 0. The van der Waals surface area contributed by atoms with Crippen molar-refractivity contribution in [3.05, 3.63) is 11.6 Å². The first-order chi connectivity index (χ1) is 11.4. The minimum absolute atomic E-state index is 0.0720. The van der Waals surface area contributed by atoms with E-state index in [-0.39, 0.29) is 28.7 Å². The van der Waals surface area contributed by atoms with Gasteiger partial charge in [0, 0.05) is 31.6 Å². The third-order valence-corrected chi connectivity index (χ3v) is 7.51. The number of carbonyl (C=O) groups is 3. The summed E-state index contributed by atoms with van der Waals surface area (Å²) in [6.07, 6.45) is 7.99. The highest BCUT2D eigenvalue weighted by molar-refractivity contribution is 5.94. The molecule has 4 heteroatoms. The number of hydrogen-bond acceptors (Lipinski definition) is 4. The van der Waals surface area contributed by atoms with Crippen LogP contribution in [-0.4, -0.2) is 23.6 Å². The van der Waals surface area contributed by atoms with Gasteiger partial charge in [0.15, 0.2) is 0 Å². The maximum Gasteiger partial charge on any atom is 0.302 e. The van der Waals surface area contributed by atoms with Crippen LogP contribution in [0.1, 0.15) is 65.2 Å². The van der Waals surface area contributed by atoms with E-state index in [0.29, 0.717) is 43.3 Å². The second-order valence-corrected chi connectivity index (χ2v) is 8.47. The fraction of sp³-hybridized carbons (Fsp3) is 0.750. The Morgan fingerprint density at radius 3 is 2.71 bits per heavy atom. The Morgan fingerprint density at radius 1 is 1.17 bits per heavy atom. The Balaban J connectivity index is 1.72. The lowest BCUT2D eigenvalue weighted by molar-refractivity contribution is -0.153. The fourth-order valence-electron chi connectivity index (χ4n) is 6.37. The molecule has 24 heavy (non-hydrogen) atoms. The highest BCUT2D eigenvalue weighted by atomic mass is 16.5. The van der Waals surface area contributed by atoms with Crippen LogP contribution in [-0.2, 0) is 19.1 Å². The first-order valence-corrected chi connectivity index (χ1v) is 9.29. The predicted molar refractivity (Wildman–Crippen MR) is 88.1 cm³/mol. The third-order valence-electron chi connectivity index (χ3n) is 7.51. The van der Waals surface area contributed by atoms with Gasteiger partial charge in [0.2, 0.25) is 0 Å². The van der Waals surface area contributed by atoms with E-state index in [4.69, 9.17) is 4.74 Å². The number of hydrogen-bond donors (Lipinski definition) is 0. The molecule has 3 saturated carbocycles. The third kappa shape index (κ3) is 2.01. The second kappa shape index (κ2) is 5.27. The van der Waals surface area contributed by atoms with Gasteiger partial charge in [-0.2, -0.15) is 0 Å². The second-order valence-electron chi connectivity index (χ2n) is 8.47. The summed E-state index contributed by atoms with van der Waals surface area (Å²) < 4.78 is 5.65. The lowest BCUT2D eigenvalue weighted by Gasteiger charge is -2.44. The molecule has 0 radical (unpaired) electrons. The zero-order chi connectivity index (χ0) is 17.1. The van der Waals surface area contributed by atoms with Gasteiger partial charge in [0.05, 0.1) is 5.41 Å². The van der Waals surface area contributed by atoms with Crippen molar-refractivity contribution in [3.8, 4) is 0 Å². The van der Waals surface area contributed by atoms with Crippen molar-refractivity contribution in [3.63, 3.8) is 0 Å². The van der Waals surface area contributed by atoms with Crippen LogP contribution >= 0.6 is 0 Å². The van der Waals surface area contributed by atoms with Gasteiger partial charge in [-0.15, -0.1) is 0 Å². The van der Waals surface area contributed by atoms with Crippen molar-refractivity contribution in [1.29, 1.82) is 0 Å². The summed E-state index contributed by atoms with van der Waals surface area (Å²) in [4.78, 5) is 36.6. The van der Waals surface area contributed by atoms with Crippen molar-refractivity contribution >= 4 is 17.5 Å². The summed E-state index contributed by atoms with van der Waals surface area (Å²) in [7, 11) is 0. The molecule has 0 aromatic carbocycles. The number of allylic oxidation sites excluding steroid dienone is 2.